The van der Waals surface area contributed by atoms with Gasteiger partial charge in [-0.25, -0.2) is 0 Å². The lowest BCUT2D eigenvalue weighted by Gasteiger charge is -2.34. The van der Waals surface area contributed by atoms with Gasteiger partial charge in [0.25, 0.3) is 0 Å². The van der Waals surface area contributed by atoms with Crippen molar-refractivity contribution >= 4 is 12.0 Å². The van der Waals surface area contributed by atoms with Crippen LogP contribution >= 0.6 is 0 Å². The monoisotopic (exact) mass is 452 g/mol. The van der Waals surface area contributed by atoms with Gasteiger partial charge < -0.3 is 14.9 Å². The highest BCUT2D eigenvalue weighted by Crippen LogP contribution is 2.41. The molecule has 0 aromatic heterocycles. The standard InChI is InChI=1S/C29H40O4/c1-7-29(8-2,24-13-12-23(21(3)19-24)16-17-28(5,6)32)25-14-15-26(22(4)20-25)33-18-10-9-11-27(30)31/h12-17,19-20,32H,7-11,18H2,1-6H3,(H,30,31)/b17-16+. The van der Waals surface area contributed by atoms with Crippen LogP contribution in [-0.4, -0.2) is 28.4 Å². The van der Waals surface area contributed by atoms with E-state index in [4.69, 9.17) is 9.84 Å². The molecular weight excluding hydrogens is 412 g/mol. The van der Waals surface area contributed by atoms with Gasteiger partial charge in [0.1, 0.15) is 5.75 Å². The molecule has 4 heteroatoms. The normalized spacial score (nSPS) is 12.3. The zero-order chi connectivity index (χ0) is 24.6. The van der Waals surface area contributed by atoms with Crippen LogP contribution in [0.15, 0.2) is 42.5 Å². The van der Waals surface area contributed by atoms with Crippen LogP contribution in [0, 0.1) is 13.8 Å². The van der Waals surface area contributed by atoms with Crippen molar-refractivity contribution < 1.29 is 19.7 Å². The van der Waals surface area contributed by atoms with E-state index in [0.717, 1.165) is 36.1 Å². The number of unbranched alkanes of at least 4 members (excludes halogenated alkanes) is 1. The molecule has 0 radical (unpaired) electrons. The molecule has 0 amide bonds. The fourth-order valence-electron chi connectivity index (χ4n) is 4.36. The van der Waals surface area contributed by atoms with E-state index in [2.05, 4.69) is 64.1 Å². The van der Waals surface area contributed by atoms with E-state index in [-0.39, 0.29) is 11.8 Å². The molecule has 0 atom stereocenters. The van der Waals surface area contributed by atoms with Gasteiger partial charge in [0.15, 0.2) is 0 Å². The van der Waals surface area contributed by atoms with Crippen molar-refractivity contribution in [2.45, 2.75) is 84.7 Å². The molecule has 0 aliphatic rings. The van der Waals surface area contributed by atoms with Crippen molar-refractivity contribution in [1.82, 2.24) is 0 Å². The van der Waals surface area contributed by atoms with E-state index in [9.17, 15) is 9.90 Å². The molecule has 0 heterocycles. The number of aryl methyl sites for hydroxylation is 2. The van der Waals surface area contributed by atoms with Crippen LogP contribution in [0.25, 0.3) is 6.08 Å². The summed E-state index contributed by atoms with van der Waals surface area (Å²) in [6, 6.07) is 13.1. The number of rotatable bonds is 12. The second kappa shape index (κ2) is 11.5. The molecule has 0 fully saturated rings. The van der Waals surface area contributed by atoms with Gasteiger partial charge in [-0.2, -0.15) is 0 Å². The number of hydrogen-bond donors (Lipinski definition) is 2. The van der Waals surface area contributed by atoms with Crippen molar-refractivity contribution in [2.24, 2.45) is 0 Å². The molecule has 4 nitrogen and oxygen atoms in total. The largest absolute Gasteiger partial charge is 0.493 e. The van der Waals surface area contributed by atoms with Gasteiger partial charge >= 0.3 is 5.97 Å². The van der Waals surface area contributed by atoms with Crippen LogP contribution in [0.4, 0.5) is 0 Å². The van der Waals surface area contributed by atoms with Crippen molar-refractivity contribution in [2.75, 3.05) is 6.61 Å². The highest BCUT2D eigenvalue weighted by molar-refractivity contribution is 5.66. The molecule has 180 valence electrons. The van der Waals surface area contributed by atoms with E-state index in [1.807, 2.05) is 12.2 Å². The van der Waals surface area contributed by atoms with Gasteiger partial charge in [-0.05, 0) is 87.3 Å². The third-order valence-corrected chi connectivity index (χ3v) is 6.47. The number of carboxylic acid groups (broad SMARTS) is 1. The van der Waals surface area contributed by atoms with Crippen LogP contribution in [0.1, 0.15) is 87.6 Å². The van der Waals surface area contributed by atoms with Gasteiger partial charge in [0.05, 0.1) is 12.2 Å². The topological polar surface area (TPSA) is 66.8 Å². The number of ether oxygens (including phenoxy) is 1. The summed E-state index contributed by atoms with van der Waals surface area (Å²) in [5.41, 5.74) is 5.06. The Morgan fingerprint density at radius 2 is 1.58 bits per heavy atom. The van der Waals surface area contributed by atoms with Gasteiger partial charge in [-0.3, -0.25) is 4.79 Å². The highest BCUT2D eigenvalue weighted by atomic mass is 16.5. The zero-order valence-electron chi connectivity index (χ0n) is 21.1. The Hall–Kier alpha value is -2.59. The summed E-state index contributed by atoms with van der Waals surface area (Å²) in [5, 5.41) is 18.8. The van der Waals surface area contributed by atoms with E-state index in [1.54, 1.807) is 13.8 Å². The quantitative estimate of drug-likeness (QED) is 0.346. The maximum Gasteiger partial charge on any atom is 0.303 e. The zero-order valence-corrected chi connectivity index (χ0v) is 21.1. The number of hydrogen-bond acceptors (Lipinski definition) is 3. The number of carboxylic acids is 1. The summed E-state index contributed by atoms with van der Waals surface area (Å²) in [6.45, 7) is 12.7. The minimum atomic E-state index is -0.834. The van der Waals surface area contributed by atoms with Crippen molar-refractivity contribution in [1.29, 1.82) is 0 Å². The van der Waals surface area contributed by atoms with Crippen LogP contribution in [-0.2, 0) is 10.2 Å². The molecule has 2 rings (SSSR count). The van der Waals surface area contributed by atoms with Crippen molar-refractivity contribution in [3.8, 4) is 5.75 Å². The fourth-order valence-corrected chi connectivity index (χ4v) is 4.36. The van der Waals surface area contributed by atoms with Gasteiger partial charge in [-0.15, -0.1) is 0 Å². The fraction of sp³-hybridized carbons (Fsp3) is 0.483. The summed E-state index contributed by atoms with van der Waals surface area (Å²) >= 11 is 0. The molecular formula is C29H40O4. The average Bonchev–Trinajstić information content (AvgIpc) is 2.74. The van der Waals surface area contributed by atoms with Crippen LogP contribution in [0.2, 0.25) is 0 Å². The first-order chi connectivity index (χ1) is 15.5. The molecule has 0 bridgehead atoms. The first-order valence-electron chi connectivity index (χ1n) is 12.0. The number of aliphatic carboxylic acids is 1. The molecule has 0 aliphatic heterocycles. The third-order valence-electron chi connectivity index (χ3n) is 6.47. The first kappa shape index (κ1) is 26.7. The Morgan fingerprint density at radius 1 is 0.970 bits per heavy atom. The first-order valence-corrected chi connectivity index (χ1v) is 12.0. The van der Waals surface area contributed by atoms with E-state index in [0.29, 0.717) is 13.0 Å². The Labute approximate surface area is 199 Å². The van der Waals surface area contributed by atoms with E-state index >= 15 is 0 Å². The molecule has 0 saturated carbocycles. The maximum absolute atomic E-state index is 10.6. The van der Waals surface area contributed by atoms with Gasteiger partial charge in [0.2, 0.25) is 0 Å². The minimum Gasteiger partial charge on any atom is -0.493 e. The molecule has 2 aromatic carbocycles. The Balaban J connectivity index is 2.28. The molecule has 2 N–H and O–H groups in total. The molecule has 0 unspecified atom stereocenters. The Kier molecular flexibility index (Phi) is 9.30. The molecule has 0 spiro atoms. The summed E-state index contributed by atoms with van der Waals surface area (Å²) in [4.78, 5) is 10.6. The van der Waals surface area contributed by atoms with Crippen LogP contribution < -0.4 is 4.74 Å². The average molecular weight is 453 g/mol. The lowest BCUT2D eigenvalue weighted by atomic mass is 9.70. The molecule has 0 saturated heterocycles. The lowest BCUT2D eigenvalue weighted by molar-refractivity contribution is -0.137. The van der Waals surface area contributed by atoms with Gasteiger partial charge in [0, 0.05) is 11.8 Å². The second-order valence-electron chi connectivity index (χ2n) is 9.53. The minimum absolute atomic E-state index is 0.0893. The summed E-state index contributed by atoms with van der Waals surface area (Å²) in [7, 11) is 0. The number of aliphatic hydroxyl groups is 1. The second-order valence-corrected chi connectivity index (χ2v) is 9.53. The summed E-state index contributed by atoms with van der Waals surface area (Å²) in [5.74, 6) is 0.0981. The smallest absolute Gasteiger partial charge is 0.303 e. The predicted molar refractivity (Wildman–Crippen MR) is 136 cm³/mol. The van der Waals surface area contributed by atoms with Gasteiger partial charge in [-0.1, -0.05) is 56.3 Å². The van der Waals surface area contributed by atoms with Crippen LogP contribution in [0.5, 0.6) is 5.75 Å². The Bertz CT molecular complexity index is 962. The van der Waals surface area contributed by atoms with E-state index in [1.165, 1.54) is 16.7 Å². The SMILES string of the molecule is CCC(CC)(c1ccc(/C=C/C(C)(C)O)c(C)c1)c1ccc(OCCCCC(=O)O)c(C)c1. The highest BCUT2D eigenvalue weighted by Gasteiger charge is 2.31. The number of carbonyl (C=O) groups is 1. The molecule has 33 heavy (non-hydrogen) atoms. The van der Waals surface area contributed by atoms with Crippen molar-refractivity contribution in [3.05, 3.63) is 70.3 Å². The summed E-state index contributed by atoms with van der Waals surface area (Å²) in [6.07, 6.45) is 7.32. The third kappa shape index (κ3) is 7.20. The Morgan fingerprint density at radius 3 is 2.09 bits per heavy atom. The summed E-state index contributed by atoms with van der Waals surface area (Å²) < 4.78 is 5.93. The molecule has 2 aromatic rings. The lowest BCUT2D eigenvalue weighted by Crippen LogP contribution is -2.26. The van der Waals surface area contributed by atoms with Crippen molar-refractivity contribution in [3.63, 3.8) is 0 Å². The number of benzene rings is 2. The molecule has 0 aliphatic carbocycles. The predicted octanol–water partition coefficient (Wildman–Crippen LogP) is 6.83. The maximum atomic E-state index is 10.6. The van der Waals surface area contributed by atoms with E-state index < -0.39 is 11.6 Å². The van der Waals surface area contributed by atoms with Crippen LogP contribution in [0.3, 0.4) is 0 Å².